The van der Waals surface area contributed by atoms with Crippen molar-refractivity contribution in [2.24, 2.45) is 5.92 Å². The molecule has 2 aliphatic rings. The lowest BCUT2D eigenvalue weighted by Gasteiger charge is -2.35. The minimum atomic E-state index is -0.112. The second kappa shape index (κ2) is 8.84. The van der Waals surface area contributed by atoms with Crippen LogP contribution in [0.4, 0.5) is 5.69 Å². The number of hydrogen-bond acceptors (Lipinski definition) is 3. The molecule has 0 radical (unpaired) electrons. The van der Waals surface area contributed by atoms with E-state index in [1.165, 1.54) is 6.92 Å². The van der Waals surface area contributed by atoms with Crippen molar-refractivity contribution >= 4 is 29.5 Å². The number of anilines is 1. The van der Waals surface area contributed by atoms with E-state index in [1.54, 1.807) is 29.2 Å². The Bertz CT molecular complexity index is 713. The summed E-state index contributed by atoms with van der Waals surface area (Å²) in [6, 6.07) is 7.32. The Morgan fingerprint density at radius 3 is 2.15 bits per heavy atom. The second-order valence-electron chi connectivity index (χ2n) is 7.27. The molecule has 6 heteroatoms. The Labute approximate surface area is 160 Å². The average Bonchev–Trinajstić information content (AvgIpc) is 3.21. The topological polar surface area (TPSA) is 69.7 Å². The van der Waals surface area contributed by atoms with Crippen molar-refractivity contribution in [1.82, 2.24) is 9.80 Å². The van der Waals surface area contributed by atoms with Gasteiger partial charge in [0.05, 0.1) is 0 Å². The summed E-state index contributed by atoms with van der Waals surface area (Å²) in [6.45, 7) is 3.89. The van der Waals surface area contributed by atoms with Gasteiger partial charge in [-0.15, -0.1) is 0 Å². The van der Waals surface area contributed by atoms with Gasteiger partial charge in [-0.2, -0.15) is 0 Å². The number of hydrogen-bond donors (Lipinski definition) is 1. The van der Waals surface area contributed by atoms with Crippen LogP contribution >= 0.6 is 0 Å². The van der Waals surface area contributed by atoms with E-state index in [1.807, 2.05) is 17.0 Å². The molecule has 3 amide bonds. The van der Waals surface area contributed by atoms with Crippen LogP contribution in [0.15, 0.2) is 30.3 Å². The van der Waals surface area contributed by atoms with Gasteiger partial charge >= 0.3 is 0 Å². The summed E-state index contributed by atoms with van der Waals surface area (Å²) < 4.78 is 0. The highest BCUT2D eigenvalue weighted by atomic mass is 16.2. The van der Waals surface area contributed by atoms with Gasteiger partial charge < -0.3 is 15.1 Å². The highest BCUT2D eigenvalue weighted by Gasteiger charge is 2.30. The van der Waals surface area contributed by atoms with E-state index in [0.717, 1.165) is 36.9 Å². The molecule has 1 aromatic carbocycles. The third kappa shape index (κ3) is 5.18. The van der Waals surface area contributed by atoms with Gasteiger partial charge in [-0.05, 0) is 36.6 Å². The fraction of sp³-hybridized carbons (Fsp3) is 0.476. The van der Waals surface area contributed by atoms with Gasteiger partial charge in [-0.1, -0.05) is 25.0 Å². The van der Waals surface area contributed by atoms with Crippen LogP contribution in [0.5, 0.6) is 0 Å². The normalized spacial score (nSPS) is 18.1. The molecule has 1 aliphatic heterocycles. The molecule has 144 valence electrons. The van der Waals surface area contributed by atoms with Crippen molar-refractivity contribution < 1.29 is 14.4 Å². The van der Waals surface area contributed by atoms with Gasteiger partial charge in [0, 0.05) is 50.8 Å². The van der Waals surface area contributed by atoms with Crippen molar-refractivity contribution in [1.29, 1.82) is 0 Å². The first-order valence-electron chi connectivity index (χ1n) is 9.66. The Kier molecular flexibility index (Phi) is 6.27. The van der Waals surface area contributed by atoms with Gasteiger partial charge in [0.1, 0.15) is 0 Å². The number of nitrogens with one attached hydrogen (secondary N) is 1. The molecule has 0 unspecified atom stereocenters. The van der Waals surface area contributed by atoms with Gasteiger partial charge in [-0.3, -0.25) is 14.4 Å². The molecule has 0 spiro atoms. The number of benzene rings is 1. The quantitative estimate of drug-likeness (QED) is 0.829. The number of amides is 3. The SMILES string of the molecule is CC(=O)Nc1ccc(/C=C/C(=O)N2CCN(C(=O)C3CCCC3)CC2)cc1. The molecular weight excluding hydrogens is 342 g/mol. The molecule has 2 fully saturated rings. The molecule has 1 saturated carbocycles. The lowest BCUT2D eigenvalue weighted by Crippen LogP contribution is -2.51. The van der Waals surface area contributed by atoms with E-state index in [4.69, 9.17) is 0 Å². The van der Waals surface area contributed by atoms with E-state index < -0.39 is 0 Å². The van der Waals surface area contributed by atoms with Crippen LogP contribution in [0.1, 0.15) is 38.2 Å². The van der Waals surface area contributed by atoms with Crippen LogP contribution in [0, 0.1) is 5.92 Å². The Hall–Kier alpha value is -2.63. The zero-order valence-corrected chi connectivity index (χ0v) is 15.8. The summed E-state index contributed by atoms with van der Waals surface area (Å²) in [5, 5.41) is 2.71. The lowest BCUT2D eigenvalue weighted by molar-refractivity contribution is -0.140. The third-order valence-electron chi connectivity index (χ3n) is 5.26. The fourth-order valence-electron chi connectivity index (χ4n) is 3.73. The van der Waals surface area contributed by atoms with E-state index in [9.17, 15) is 14.4 Å². The Balaban J connectivity index is 1.48. The number of carbonyl (C=O) groups excluding carboxylic acids is 3. The Morgan fingerprint density at radius 2 is 1.56 bits per heavy atom. The van der Waals surface area contributed by atoms with Crippen LogP contribution in [-0.4, -0.2) is 53.7 Å². The van der Waals surface area contributed by atoms with Crippen LogP contribution in [0.3, 0.4) is 0 Å². The summed E-state index contributed by atoms with van der Waals surface area (Å²) in [5.74, 6) is 0.329. The summed E-state index contributed by atoms with van der Waals surface area (Å²) in [7, 11) is 0. The fourth-order valence-corrected chi connectivity index (χ4v) is 3.73. The molecule has 27 heavy (non-hydrogen) atoms. The molecule has 1 aromatic rings. The smallest absolute Gasteiger partial charge is 0.246 e. The summed E-state index contributed by atoms with van der Waals surface area (Å²) in [6.07, 6.45) is 7.69. The maximum absolute atomic E-state index is 12.5. The Morgan fingerprint density at radius 1 is 0.963 bits per heavy atom. The van der Waals surface area contributed by atoms with Crippen LogP contribution in [0.25, 0.3) is 6.08 Å². The van der Waals surface area contributed by atoms with Crippen molar-refractivity contribution in [2.45, 2.75) is 32.6 Å². The van der Waals surface area contributed by atoms with Crippen molar-refractivity contribution in [3.63, 3.8) is 0 Å². The average molecular weight is 369 g/mol. The van der Waals surface area contributed by atoms with Crippen LogP contribution < -0.4 is 5.32 Å². The first-order valence-corrected chi connectivity index (χ1v) is 9.66. The van der Waals surface area contributed by atoms with E-state index in [0.29, 0.717) is 26.2 Å². The van der Waals surface area contributed by atoms with Crippen molar-refractivity contribution in [2.75, 3.05) is 31.5 Å². The molecule has 1 aliphatic carbocycles. The first-order chi connectivity index (χ1) is 13.0. The molecule has 0 aromatic heterocycles. The van der Waals surface area contributed by atoms with Crippen LogP contribution in [0.2, 0.25) is 0 Å². The molecule has 0 bridgehead atoms. The molecule has 1 saturated heterocycles. The molecule has 3 rings (SSSR count). The number of carbonyl (C=O) groups is 3. The van der Waals surface area contributed by atoms with E-state index in [-0.39, 0.29) is 23.6 Å². The predicted octanol–water partition coefficient (Wildman–Crippen LogP) is 2.52. The number of piperazine rings is 1. The maximum Gasteiger partial charge on any atom is 0.246 e. The monoisotopic (exact) mass is 369 g/mol. The first kappa shape index (κ1) is 19.1. The van der Waals surface area contributed by atoms with E-state index in [2.05, 4.69) is 5.32 Å². The second-order valence-corrected chi connectivity index (χ2v) is 7.27. The summed E-state index contributed by atoms with van der Waals surface area (Å²) >= 11 is 0. The molecular formula is C21H27N3O3. The van der Waals surface area contributed by atoms with Gasteiger partial charge in [0.25, 0.3) is 0 Å². The number of rotatable bonds is 4. The standard InChI is InChI=1S/C21H27N3O3/c1-16(25)22-19-9-6-17(7-10-19)8-11-20(26)23-12-14-24(15-13-23)21(27)18-4-2-3-5-18/h6-11,18H,2-5,12-15H2,1H3,(H,22,25)/b11-8+. The van der Waals surface area contributed by atoms with Gasteiger partial charge in [0.2, 0.25) is 17.7 Å². The molecule has 1 N–H and O–H groups in total. The maximum atomic E-state index is 12.5. The van der Waals surface area contributed by atoms with Crippen LogP contribution in [-0.2, 0) is 14.4 Å². The summed E-state index contributed by atoms with van der Waals surface area (Å²) in [5.41, 5.74) is 1.63. The van der Waals surface area contributed by atoms with Crippen molar-refractivity contribution in [3.8, 4) is 0 Å². The predicted molar refractivity (Wildman–Crippen MR) is 105 cm³/mol. The summed E-state index contributed by atoms with van der Waals surface area (Å²) in [4.78, 5) is 39.6. The molecule has 0 atom stereocenters. The number of nitrogens with zero attached hydrogens (tertiary/aromatic N) is 2. The largest absolute Gasteiger partial charge is 0.339 e. The highest BCUT2D eigenvalue weighted by molar-refractivity contribution is 5.92. The molecule has 1 heterocycles. The lowest BCUT2D eigenvalue weighted by atomic mass is 10.1. The minimum Gasteiger partial charge on any atom is -0.339 e. The highest BCUT2D eigenvalue weighted by Crippen LogP contribution is 2.27. The van der Waals surface area contributed by atoms with E-state index >= 15 is 0 Å². The van der Waals surface area contributed by atoms with Crippen molar-refractivity contribution in [3.05, 3.63) is 35.9 Å². The van der Waals surface area contributed by atoms with Gasteiger partial charge in [-0.25, -0.2) is 0 Å². The third-order valence-corrected chi connectivity index (χ3v) is 5.26. The molecule has 6 nitrogen and oxygen atoms in total. The zero-order chi connectivity index (χ0) is 19.2. The zero-order valence-electron chi connectivity index (χ0n) is 15.8. The minimum absolute atomic E-state index is 0.0334. The van der Waals surface area contributed by atoms with Gasteiger partial charge in [0.15, 0.2) is 0 Å².